The Kier molecular flexibility index (Phi) is 5.66. The van der Waals surface area contributed by atoms with E-state index in [1.165, 1.54) is 19.2 Å². The quantitative estimate of drug-likeness (QED) is 0.457. The largest absolute Gasteiger partial charge is 0.522 e. The Hall–Kier alpha value is -1.93. The number of carbonyl (C=O) groups is 2. The van der Waals surface area contributed by atoms with Crippen LogP contribution in [0.5, 0.6) is 0 Å². The molecule has 1 aromatic carbocycles. The van der Waals surface area contributed by atoms with Gasteiger partial charge in [0.05, 0.1) is 18.8 Å². The fourth-order valence-electron chi connectivity index (χ4n) is 1.35. The normalized spacial score (nSPS) is 11.2. The van der Waals surface area contributed by atoms with E-state index in [1.54, 1.807) is 12.1 Å². The highest BCUT2D eigenvalue weighted by molar-refractivity contribution is 6.00. The van der Waals surface area contributed by atoms with Crippen molar-refractivity contribution in [2.45, 2.75) is 6.36 Å². The summed E-state index contributed by atoms with van der Waals surface area (Å²) in [5.74, 6) is -0.639. The minimum absolute atomic E-state index is 0.0988. The van der Waals surface area contributed by atoms with Crippen molar-refractivity contribution in [2.24, 2.45) is 0 Å². The van der Waals surface area contributed by atoms with E-state index in [1.807, 2.05) is 0 Å². The van der Waals surface area contributed by atoms with Crippen molar-refractivity contribution in [3.05, 3.63) is 35.4 Å². The molecule has 0 aliphatic carbocycles. The highest BCUT2D eigenvalue weighted by Gasteiger charge is 2.28. The molecule has 0 fully saturated rings. The van der Waals surface area contributed by atoms with E-state index >= 15 is 0 Å². The van der Waals surface area contributed by atoms with Gasteiger partial charge in [-0.15, -0.1) is 13.2 Å². The van der Waals surface area contributed by atoms with Crippen LogP contribution in [0, 0.1) is 0 Å². The molecule has 0 saturated carbocycles. The first-order valence-corrected chi connectivity index (χ1v) is 5.51. The fourth-order valence-corrected chi connectivity index (χ4v) is 1.35. The van der Waals surface area contributed by atoms with Crippen molar-refractivity contribution in [2.75, 3.05) is 20.3 Å². The monoisotopic (exact) mass is 291 g/mol. The van der Waals surface area contributed by atoms with Crippen LogP contribution in [0.15, 0.2) is 24.3 Å². The number of amides is 1. The summed E-state index contributed by atoms with van der Waals surface area (Å²) in [5, 5.41) is 0.752. The molecule has 1 rings (SSSR count). The second-order valence-corrected chi connectivity index (χ2v) is 3.64. The minimum atomic E-state index is -4.74. The Morgan fingerprint density at radius 3 is 2.55 bits per heavy atom. The Labute approximate surface area is 112 Å². The zero-order valence-corrected chi connectivity index (χ0v) is 10.5. The van der Waals surface area contributed by atoms with Gasteiger partial charge >= 0.3 is 6.36 Å². The predicted molar refractivity (Wildman–Crippen MR) is 61.9 cm³/mol. The molecule has 0 unspecified atom stereocenters. The molecule has 0 aliphatic heterocycles. The number of rotatable bonds is 6. The maximum absolute atomic E-state index is 11.9. The summed E-state index contributed by atoms with van der Waals surface area (Å²) in [6.45, 7) is -1.19. The molecule has 0 atom stereocenters. The number of nitrogens with zero attached hydrogens (tertiary/aromatic N) is 1. The second kappa shape index (κ2) is 7.01. The predicted octanol–water partition coefficient (Wildman–Crippen LogP) is 2.04. The molecule has 0 spiro atoms. The van der Waals surface area contributed by atoms with Crippen LogP contribution < -0.4 is 0 Å². The number of alkyl halides is 3. The standard InChI is InChI=1S/C12H12F3NO4/c1-16(20-7-6-19-12(13,14)15)11(18)10-5-3-2-4-9(10)8-17/h2-5,8H,6-7H2,1H3. The first-order chi connectivity index (χ1) is 9.35. The number of hydroxylamine groups is 2. The van der Waals surface area contributed by atoms with Gasteiger partial charge in [0.1, 0.15) is 0 Å². The summed E-state index contributed by atoms with van der Waals surface area (Å²) in [6.07, 6.45) is -4.23. The molecule has 0 N–H and O–H groups in total. The van der Waals surface area contributed by atoms with Crippen LogP contribution in [0.4, 0.5) is 13.2 Å². The smallest absolute Gasteiger partial charge is 0.298 e. The number of hydrogen-bond donors (Lipinski definition) is 0. The molecule has 8 heteroatoms. The zero-order valence-electron chi connectivity index (χ0n) is 10.5. The van der Waals surface area contributed by atoms with E-state index in [0.29, 0.717) is 6.29 Å². The molecule has 0 heterocycles. The maximum atomic E-state index is 11.9. The molecule has 5 nitrogen and oxygen atoms in total. The first kappa shape index (κ1) is 16.1. The summed E-state index contributed by atoms with van der Waals surface area (Å²) >= 11 is 0. The van der Waals surface area contributed by atoms with Gasteiger partial charge in [0.15, 0.2) is 6.29 Å². The molecule has 20 heavy (non-hydrogen) atoms. The van der Waals surface area contributed by atoms with E-state index in [9.17, 15) is 22.8 Å². The van der Waals surface area contributed by atoms with Gasteiger partial charge in [0.2, 0.25) is 0 Å². The van der Waals surface area contributed by atoms with Gasteiger partial charge in [-0.2, -0.15) is 0 Å². The third-order valence-corrected chi connectivity index (χ3v) is 2.24. The van der Waals surface area contributed by atoms with E-state index in [-0.39, 0.29) is 11.1 Å². The van der Waals surface area contributed by atoms with E-state index in [0.717, 1.165) is 5.06 Å². The Morgan fingerprint density at radius 1 is 1.30 bits per heavy atom. The molecule has 0 saturated heterocycles. The van der Waals surface area contributed by atoms with Gasteiger partial charge in [-0.05, 0) is 6.07 Å². The number of hydrogen-bond acceptors (Lipinski definition) is 4. The summed E-state index contributed by atoms with van der Waals surface area (Å²) in [4.78, 5) is 27.5. The summed E-state index contributed by atoms with van der Waals surface area (Å²) < 4.78 is 38.6. The maximum Gasteiger partial charge on any atom is 0.522 e. The first-order valence-electron chi connectivity index (χ1n) is 5.51. The number of aldehydes is 1. The zero-order chi connectivity index (χ0) is 15.2. The van der Waals surface area contributed by atoms with E-state index in [2.05, 4.69) is 4.74 Å². The van der Waals surface area contributed by atoms with Crippen molar-refractivity contribution in [1.82, 2.24) is 5.06 Å². The number of carbonyl (C=O) groups excluding carboxylic acids is 2. The van der Waals surface area contributed by atoms with Crippen LogP contribution in [-0.4, -0.2) is 43.9 Å². The lowest BCUT2D eigenvalue weighted by atomic mass is 10.1. The lowest BCUT2D eigenvalue weighted by molar-refractivity contribution is -0.330. The van der Waals surface area contributed by atoms with Crippen LogP contribution in [0.2, 0.25) is 0 Å². The SMILES string of the molecule is CN(OCCOC(F)(F)F)C(=O)c1ccccc1C=O. The Morgan fingerprint density at radius 2 is 1.95 bits per heavy atom. The average molecular weight is 291 g/mol. The number of ether oxygens (including phenoxy) is 1. The Balaban J connectivity index is 2.53. The van der Waals surface area contributed by atoms with E-state index < -0.39 is 25.5 Å². The molecule has 1 aromatic rings. The van der Waals surface area contributed by atoms with Crippen molar-refractivity contribution in [1.29, 1.82) is 0 Å². The van der Waals surface area contributed by atoms with Gasteiger partial charge < -0.3 is 0 Å². The van der Waals surface area contributed by atoms with Crippen molar-refractivity contribution < 1.29 is 32.3 Å². The van der Waals surface area contributed by atoms with Crippen LogP contribution in [0.1, 0.15) is 20.7 Å². The molecule has 0 bridgehead atoms. The molecule has 0 aromatic heterocycles. The van der Waals surface area contributed by atoms with Crippen LogP contribution in [0.25, 0.3) is 0 Å². The molecule has 1 amide bonds. The minimum Gasteiger partial charge on any atom is -0.298 e. The van der Waals surface area contributed by atoms with Gasteiger partial charge in [-0.25, -0.2) is 5.06 Å². The lowest BCUT2D eigenvalue weighted by Gasteiger charge is -2.17. The second-order valence-electron chi connectivity index (χ2n) is 3.64. The molecule has 110 valence electrons. The lowest BCUT2D eigenvalue weighted by Crippen LogP contribution is -2.30. The summed E-state index contributed by atoms with van der Waals surface area (Å²) in [6, 6.07) is 6.00. The number of halogens is 3. The average Bonchev–Trinajstić information content (AvgIpc) is 2.41. The summed E-state index contributed by atoms with van der Waals surface area (Å²) in [5.41, 5.74) is 0.265. The van der Waals surface area contributed by atoms with Crippen LogP contribution >= 0.6 is 0 Å². The van der Waals surface area contributed by atoms with Gasteiger partial charge in [0, 0.05) is 12.6 Å². The fraction of sp³-hybridized carbons (Fsp3) is 0.333. The van der Waals surface area contributed by atoms with Gasteiger partial charge in [-0.3, -0.25) is 19.2 Å². The highest BCUT2D eigenvalue weighted by Crippen LogP contribution is 2.15. The van der Waals surface area contributed by atoms with Crippen molar-refractivity contribution in [3.8, 4) is 0 Å². The number of benzene rings is 1. The van der Waals surface area contributed by atoms with Crippen molar-refractivity contribution >= 4 is 12.2 Å². The van der Waals surface area contributed by atoms with Crippen LogP contribution in [-0.2, 0) is 9.57 Å². The molecule has 0 aliphatic rings. The summed E-state index contributed by atoms with van der Waals surface area (Å²) in [7, 11) is 1.23. The topological polar surface area (TPSA) is 55.8 Å². The van der Waals surface area contributed by atoms with Gasteiger partial charge in [0.25, 0.3) is 5.91 Å². The van der Waals surface area contributed by atoms with Gasteiger partial charge in [-0.1, -0.05) is 18.2 Å². The molecular formula is C12H12F3NO4. The Bertz CT molecular complexity index is 476. The highest BCUT2D eigenvalue weighted by atomic mass is 19.4. The van der Waals surface area contributed by atoms with Crippen molar-refractivity contribution in [3.63, 3.8) is 0 Å². The third-order valence-electron chi connectivity index (χ3n) is 2.24. The molecular weight excluding hydrogens is 279 g/mol. The molecule has 0 radical (unpaired) electrons. The van der Waals surface area contributed by atoms with Crippen LogP contribution in [0.3, 0.4) is 0 Å². The van der Waals surface area contributed by atoms with E-state index in [4.69, 9.17) is 4.84 Å². The third kappa shape index (κ3) is 4.98.